The summed E-state index contributed by atoms with van der Waals surface area (Å²) in [7, 11) is 0. The number of hydrogen-bond donors (Lipinski definition) is 10. The van der Waals surface area contributed by atoms with Crippen molar-refractivity contribution in [2.45, 2.75) is 90.5 Å². The molecular weight excluding hydrogens is 734 g/mol. The van der Waals surface area contributed by atoms with E-state index >= 15 is 0 Å². The summed E-state index contributed by atoms with van der Waals surface area (Å²) in [4.78, 5) is 123. The molecule has 0 aliphatic rings. The highest BCUT2D eigenvalue weighted by Crippen LogP contribution is 2.11. The number of rotatable bonds is 24. The van der Waals surface area contributed by atoms with E-state index in [9.17, 15) is 53.1 Å². The molecule has 0 aliphatic carbocycles. The highest BCUT2D eigenvalue weighted by Gasteiger charge is 2.32. The van der Waals surface area contributed by atoms with Gasteiger partial charge in [0.15, 0.2) is 0 Å². The molecule has 0 aliphatic heterocycles. The Morgan fingerprint density at radius 2 is 1.27 bits per heavy atom. The number of aliphatic carboxylic acids is 1. The van der Waals surface area contributed by atoms with Gasteiger partial charge in [0.1, 0.15) is 30.2 Å². The van der Waals surface area contributed by atoms with Gasteiger partial charge in [-0.1, -0.05) is 64.4 Å². The van der Waals surface area contributed by atoms with Gasteiger partial charge in [0, 0.05) is 25.0 Å². The lowest BCUT2D eigenvalue weighted by molar-refractivity contribution is -0.141. The number of primary amides is 2. The van der Waals surface area contributed by atoms with E-state index < -0.39 is 108 Å². The maximum atomic E-state index is 13.3. The summed E-state index contributed by atoms with van der Waals surface area (Å²) in [6, 6.07) is 2.60. The minimum atomic E-state index is -1.41. The molecule has 1 aromatic rings. The largest absolute Gasteiger partial charge is 0.480 e. The summed E-state index contributed by atoms with van der Waals surface area (Å²) in [5, 5.41) is 26.0. The first-order valence-electron chi connectivity index (χ1n) is 17.8. The molecule has 12 N–H and O–H groups in total. The molecule has 20 nitrogen and oxygen atoms in total. The highest BCUT2D eigenvalue weighted by molar-refractivity contribution is 6.00. The fourth-order valence-corrected chi connectivity index (χ4v) is 4.86. The average molecular weight is 788 g/mol. The number of carboxylic acid groups (broad SMARTS) is 1. The first-order valence-corrected chi connectivity index (χ1v) is 17.8. The minimum Gasteiger partial charge on any atom is -0.480 e. The Morgan fingerprint density at radius 3 is 1.82 bits per heavy atom. The SMILES string of the molecule is CCC(C)C(NC(=O)C(CCC(N)=O)NC(=O)C=CC(=O)NCC(=O)NCC(=O)NC(Cc1ccccc1)C(=O)O)C(=O)NC(C)C(=O)NC(C(N)=O)C(C)C. The third-order valence-corrected chi connectivity index (χ3v) is 8.30. The topological polar surface area (TPSA) is 327 Å². The first-order chi connectivity index (χ1) is 26.2. The van der Waals surface area contributed by atoms with Gasteiger partial charge in [-0.2, -0.15) is 0 Å². The Kier molecular flexibility index (Phi) is 20.6. The lowest BCUT2D eigenvalue weighted by atomic mass is 9.97. The zero-order chi connectivity index (χ0) is 42.5. The van der Waals surface area contributed by atoms with Crippen molar-refractivity contribution in [3.8, 4) is 0 Å². The molecule has 56 heavy (non-hydrogen) atoms. The van der Waals surface area contributed by atoms with E-state index in [1.54, 1.807) is 58.0 Å². The van der Waals surface area contributed by atoms with Gasteiger partial charge in [-0.25, -0.2) is 4.79 Å². The van der Waals surface area contributed by atoms with Crippen LogP contribution in [0.3, 0.4) is 0 Å². The Balaban J connectivity index is 2.79. The molecule has 0 saturated carbocycles. The average Bonchev–Trinajstić information content (AvgIpc) is 3.14. The number of amides is 9. The molecule has 0 aromatic heterocycles. The van der Waals surface area contributed by atoms with Crippen LogP contribution < -0.4 is 48.7 Å². The summed E-state index contributed by atoms with van der Waals surface area (Å²) >= 11 is 0. The van der Waals surface area contributed by atoms with Crippen molar-refractivity contribution in [1.29, 1.82) is 0 Å². The van der Waals surface area contributed by atoms with Gasteiger partial charge in [-0.15, -0.1) is 0 Å². The van der Waals surface area contributed by atoms with Crippen LogP contribution in [0.1, 0.15) is 59.4 Å². The molecule has 0 radical (unpaired) electrons. The van der Waals surface area contributed by atoms with Crippen LogP contribution in [0.5, 0.6) is 0 Å². The molecule has 9 amide bonds. The smallest absolute Gasteiger partial charge is 0.326 e. The second-order valence-corrected chi connectivity index (χ2v) is 13.3. The highest BCUT2D eigenvalue weighted by atomic mass is 16.4. The van der Waals surface area contributed by atoms with Gasteiger partial charge in [0.05, 0.1) is 13.1 Å². The van der Waals surface area contributed by atoms with Crippen LogP contribution in [0, 0.1) is 11.8 Å². The van der Waals surface area contributed by atoms with E-state index in [1.807, 2.05) is 0 Å². The maximum absolute atomic E-state index is 13.3. The predicted molar refractivity (Wildman–Crippen MR) is 200 cm³/mol. The zero-order valence-corrected chi connectivity index (χ0v) is 32.0. The van der Waals surface area contributed by atoms with Crippen LogP contribution in [-0.4, -0.2) is 108 Å². The van der Waals surface area contributed by atoms with E-state index in [-0.39, 0.29) is 25.2 Å². The summed E-state index contributed by atoms with van der Waals surface area (Å²) in [6.07, 6.45) is 1.30. The number of carbonyl (C=O) groups is 10. The third kappa shape index (κ3) is 18.1. The van der Waals surface area contributed by atoms with Crippen molar-refractivity contribution in [2.75, 3.05) is 13.1 Å². The van der Waals surface area contributed by atoms with E-state index in [4.69, 9.17) is 11.5 Å². The predicted octanol–water partition coefficient (Wildman–Crippen LogP) is -3.00. The van der Waals surface area contributed by atoms with E-state index in [0.717, 1.165) is 12.2 Å². The third-order valence-electron chi connectivity index (χ3n) is 8.30. The van der Waals surface area contributed by atoms with Crippen LogP contribution in [0.15, 0.2) is 42.5 Å². The molecule has 308 valence electrons. The Bertz CT molecular complexity index is 1620. The maximum Gasteiger partial charge on any atom is 0.326 e. The van der Waals surface area contributed by atoms with Crippen molar-refractivity contribution < 1.29 is 53.1 Å². The zero-order valence-electron chi connectivity index (χ0n) is 32.0. The fourth-order valence-electron chi connectivity index (χ4n) is 4.86. The molecule has 6 atom stereocenters. The molecule has 1 aromatic carbocycles. The fraction of sp³-hybridized carbons (Fsp3) is 0.500. The number of carbonyl (C=O) groups excluding carboxylic acids is 9. The summed E-state index contributed by atoms with van der Waals surface area (Å²) < 4.78 is 0. The monoisotopic (exact) mass is 787 g/mol. The number of nitrogens with one attached hydrogen (secondary N) is 7. The lowest BCUT2D eigenvalue weighted by Crippen LogP contribution is -2.59. The van der Waals surface area contributed by atoms with Gasteiger partial charge in [-0.3, -0.25) is 43.2 Å². The van der Waals surface area contributed by atoms with Crippen molar-refractivity contribution in [3.05, 3.63) is 48.0 Å². The number of benzene rings is 1. The molecule has 20 heteroatoms. The minimum absolute atomic E-state index is 0.0135. The van der Waals surface area contributed by atoms with E-state index in [2.05, 4.69) is 37.2 Å². The first kappa shape index (κ1) is 47.7. The molecule has 0 bridgehead atoms. The molecule has 0 spiro atoms. The molecule has 0 fully saturated rings. The number of nitrogens with two attached hydrogens (primary N) is 2. The van der Waals surface area contributed by atoms with E-state index in [1.165, 1.54) is 6.92 Å². The van der Waals surface area contributed by atoms with Crippen LogP contribution in [-0.2, 0) is 54.4 Å². The normalized spacial score (nSPS) is 14.1. The van der Waals surface area contributed by atoms with Gasteiger partial charge in [-0.05, 0) is 30.7 Å². The standard InChI is InChI=1S/C36H53N9O11/c1-6-20(4)31(35(54)41-21(5)33(52)44-30(19(2)3)32(38)51)45-34(53)23(12-13-25(37)46)42-27(48)15-14-26(47)39-17-28(49)40-18-29(50)43-24(36(55)56)16-22-10-8-7-9-11-22/h7-11,14-15,19-21,23-24,30-31H,6,12-13,16-18H2,1-5H3,(H2,37,46)(H2,38,51)(H,39,47)(H,40,49)(H,41,54)(H,42,48)(H,43,50)(H,44,52)(H,45,53)(H,55,56). The molecule has 6 unspecified atom stereocenters. The Labute approximate surface area is 324 Å². The van der Waals surface area contributed by atoms with Gasteiger partial charge in [0.2, 0.25) is 53.2 Å². The summed E-state index contributed by atoms with van der Waals surface area (Å²) in [6.45, 7) is 6.94. The van der Waals surface area contributed by atoms with E-state index in [0.29, 0.717) is 12.0 Å². The second kappa shape index (κ2) is 24.1. The summed E-state index contributed by atoms with van der Waals surface area (Å²) in [5.41, 5.74) is 11.3. The number of carboxylic acids is 1. The van der Waals surface area contributed by atoms with Crippen molar-refractivity contribution in [3.63, 3.8) is 0 Å². The van der Waals surface area contributed by atoms with Gasteiger partial charge >= 0.3 is 5.97 Å². The molecule has 0 heterocycles. The quantitative estimate of drug-likeness (QED) is 0.0471. The number of hydrogen-bond acceptors (Lipinski definition) is 10. The summed E-state index contributed by atoms with van der Waals surface area (Å²) in [5.74, 6) is -9.39. The Hall–Kier alpha value is -6.34. The van der Waals surface area contributed by atoms with Crippen LogP contribution in [0.2, 0.25) is 0 Å². The van der Waals surface area contributed by atoms with Crippen LogP contribution >= 0.6 is 0 Å². The second-order valence-electron chi connectivity index (χ2n) is 13.3. The van der Waals surface area contributed by atoms with Crippen molar-refractivity contribution in [2.24, 2.45) is 23.3 Å². The van der Waals surface area contributed by atoms with Crippen molar-refractivity contribution >= 4 is 59.1 Å². The molecule has 0 saturated heterocycles. The van der Waals surface area contributed by atoms with Crippen molar-refractivity contribution in [1.82, 2.24) is 37.2 Å². The van der Waals surface area contributed by atoms with Gasteiger partial charge in [0.25, 0.3) is 0 Å². The van der Waals surface area contributed by atoms with Crippen LogP contribution in [0.25, 0.3) is 0 Å². The lowest BCUT2D eigenvalue weighted by Gasteiger charge is -2.28. The molecular formula is C36H53N9O11. The van der Waals surface area contributed by atoms with Crippen LogP contribution in [0.4, 0.5) is 0 Å². The molecule has 1 rings (SSSR count). The van der Waals surface area contributed by atoms with Gasteiger partial charge < -0.3 is 53.8 Å². The Morgan fingerprint density at radius 1 is 0.679 bits per heavy atom.